The van der Waals surface area contributed by atoms with E-state index in [1.165, 1.54) is 6.07 Å². The number of nitrogens with zero attached hydrogens (tertiary/aromatic N) is 3. The third-order valence-corrected chi connectivity index (χ3v) is 2.08. The number of halogens is 4. The van der Waals surface area contributed by atoms with Gasteiger partial charge in [-0.05, 0) is 13.8 Å². The van der Waals surface area contributed by atoms with E-state index in [0.29, 0.717) is 0 Å². The zero-order valence-electron chi connectivity index (χ0n) is 7.93. The van der Waals surface area contributed by atoms with Gasteiger partial charge in [0.15, 0.2) is 5.69 Å². The maximum absolute atomic E-state index is 12.4. The van der Waals surface area contributed by atoms with Crippen LogP contribution in [0.1, 0.15) is 31.1 Å². The van der Waals surface area contributed by atoms with E-state index in [9.17, 15) is 13.2 Å². The quantitative estimate of drug-likeness (QED) is 0.753. The lowest BCUT2D eigenvalue weighted by molar-refractivity contribution is -0.141. The number of aromatic nitrogens is 2. The second-order valence-corrected chi connectivity index (χ2v) is 3.52. The topological polar surface area (TPSA) is 41.6 Å². The van der Waals surface area contributed by atoms with Crippen LogP contribution in [0.3, 0.4) is 0 Å². The van der Waals surface area contributed by atoms with E-state index in [4.69, 9.17) is 16.9 Å². The van der Waals surface area contributed by atoms with E-state index in [1.807, 2.05) is 0 Å². The van der Waals surface area contributed by atoms with Gasteiger partial charge in [0.05, 0.1) is 0 Å². The van der Waals surface area contributed by atoms with Crippen molar-refractivity contribution in [1.82, 2.24) is 9.78 Å². The van der Waals surface area contributed by atoms with Crippen LogP contribution < -0.4 is 0 Å². The molecule has 0 spiro atoms. The van der Waals surface area contributed by atoms with Crippen molar-refractivity contribution in [1.29, 1.82) is 5.26 Å². The van der Waals surface area contributed by atoms with E-state index in [2.05, 4.69) is 5.10 Å². The Morgan fingerprint density at radius 3 is 2.27 bits per heavy atom. The first kappa shape index (κ1) is 11.9. The summed E-state index contributed by atoms with van der Waals surface area (Å²) in [6.07, 6.45) is -4.66. The molecule has 1 heterocycles. The third kappa shape index (κ3) is 2.07. The summed E-state index contributed by atoms with van der Waals surface area (Å²) in [6.45, 7) is 3.25. The van der Waals surface area contributed by atoms with Gasteiger partial charge in [-0.3, -0.25) is 0 Å². The summed E-state index contributed by atoms with van der Waals surface area (Å²) < 4.78 is 38.2. The molecule has 82 valence electrons. The van der Waals surface area contributed by atoms with Crippen molar-refractivity contribution in [2.75, 3.05) is 0 Å². The van der Waals surface area contributed by atoms with Gasteiger partial charge in [-0.15, -0.1) is 0 Å². The minimum Gasteiger partial charge on any atom is -0.250 e. The molecule has 1 aromatic rings. The smallest absolute Gasteiger partial charge is 0.250 e. The highest BCUT2D eigenvalue weighted by molar-refractivity contribution is 6.30. The van der Waals surface area contributed by atoms with Gasteiger partial charge < -0.3 is 0 Å². The van der Waals surface area contributed by atoms with Gasteiger partial charge >= 0.3 is 6.18 Å². The molecule has 0 fully saturated rings. The minimum absolute atomic E-state index is 0.278. The van der Waals surface area contributed by atoms with Crippen molar-refractivity contribution >= 4 is 11.6 Å². The molecule has 15 heavy (non-hydrogen) atoms. The maximum Gasteiger partial charge on any atom is 0.436 e. The first-order valence-electron chi connectivity index (χ1n) is 4.04. The fourth-order valence-electron chi connectivity index (χ4n) is 1.05. The van der Waals surface area contributed by atoms with E-state index >= 15 is 0 Å². The Balaban J connectivity index is 3.43. The molecule has 0 atom stereocenters. The number of hydrogen-bond donors (Lipinski definition) is 0. The monoisotopic (exact) mass is 237 g/mol. The summed E-state index contributed by atoms with van der Waals surface area (Å²) in [6, 6.07) is 1.08. The Hall–Kier alpha value is -1.22. The second kappa shape index (κ2) is 3.74. The molecule has 0 unspecified atom stereocenters. The van der Waals surface area contributed by atoms with Gasteiger partial charge in [0.25, 0.3) is 0 Å². The first-order valence-corrected chi connectivity index (χ1v) is 4.42. The lowest BCUT2D eigenvalue weighted by Gasteiger charge is -2.05. The Kier molecular flexibility index (Phi) is 2.95. The van der Waals surface area contributed by atoms with Gasteiger partial charge in [0.1, 0.15) is 16.8 Å². The summed E-state index contributed by atoms with van der Waals surface area (Å²) in [5.74, 6) is 0. The molecule has 3 nitrogen and oxygen atoms in total. The highest BCUT2D eigenvalue weighted by atomic mass is 35.5. The highest BCUT2D eigenvalue weighted by Crippen LogP contribution is 2.34. The van der Waals surface area contributed by atoms with Crippen molar-refractivity contribution in [2.45, 2.75) is 26.1 Å². The van der Waals surface area contributed by atoms with E-state index in [1.54, 1.807) is 13.8 Å². The van der Waals surface area contributed by atoms with E-state index < -0.39 is 17.4 Å². The van der Waals surface area contributed by atoms with Crippen molar-refractivity contribution < 1.29 is 13.2 Å². The van der Waals surface area contributed by atoms with E-state index in [-0.39, 0.29) is 11.2 Å². The van der Waals surface area contributed by atoms with Crippen molar-refractivity contribution in [3.05, 3.63) is 16.4 Å². The predicted molar refractivity (Wildman–Crippen MR) is 47.3 cm³/mol. The minimum atomic E-state index is -4.66. The lowest BCUT2D eigenvalue weighted by Crippen LogP contribution is -2.10. The Morgan fingerprint density at radius 2 is 2.00 bits per heavy atom. The fraction of sp³-hybridized carbons (Fsp3) is 0.500. The summed E-state index contributed by atoms with van der Waals surface area (Å²) in [4.78, 5) is 0. The molecule has 0 aromatic carbocycles. The molecule has 0 saturated carbocycles. The van der Waals surface area contributed by atoms with Crippen LogP contribution in [-0.4, -0.2) is 9.78 Å². The van der Waals surface area contributed by atoms with Gasteiger partial charge in [0.2, 0.25) is 0 Å². The third-order valence-electron chi connectivity index (χ3n) is 1.72. The number of nitriles is 1. The van der Waals surface area contributed by atoms with Crippen LogP contribution in [0.2, 0.25) is 5.15 Å². The SMILES string of the molecule is CC(C)n1nc(C(F)(F)F)c(C#N)c1Cl. The molecular formula is C8H7ClF3N3. The molecule has 0 amide bonds. The molecular weight excluding hydrogens is 231 g/mol. The number of rotatable bonds is 1. The van der Waals surface area contributed by atoms with Gasteiger partial charge in [0, 0.05) is 6.04 Å². The first-order chi connectivity index (χ1) is 6.79. The van der Waals surface area contributed by atoms with Gasteiger partial charge in [-0.25, -0.2) is 4.68 Å². The molecule has 0 aliphatic rings. The van der Waals surface area contributed by atoms with Crippen molar-refractivity contribution in [3.63, 3.8) is 0 Å². The molecule has 0 bridgehead atoms. The summed E-state index contributed by atoms with van der Waals surface area (Å²) >= 11 is 5.61. The van der Waals surface area contributed by atoms with Crippen molar-refractivity contribution in [2.24, 2.45) is 0 Å². The number of hydrogen-bond acceptors (Lipinski definition) is 2. The Labute approximate surface area is 89.1 Å². The summed E-state index contributed by atoms with van der Waals surface area (Å²) in [7, 11) is 0. The van der Waals surface area contributed by atoms with Crippen LogP contribution in [0.4, 0.5) is 13.2 Å². The summed E-state index contributed by atoms with van der Waals surface area (Å²) in [5, 5.41) is 11.6. The average molecular weight is 238 g/mol. The van der Waals surface area contributed by atoms with Crippen LogP contribution in [0, 0.1) is 11.3 Å². The molecule has 0 saturated heterocycles. The van der Waals surface area contributed by atoms with Crippen LogP contribution in [-0.2, 0) is 6.18 Å². The zero-order chi connectivity index (χ0) is 11.8. The molecule has 0 aliphatic carbocycles. The Bertz CT molecular complexity index is 414. The van der Waals surface area contributed by atoms with Crippen LogP contribution in [0.25, 0.3) is 0 Å². The molecule has 7 heteroatoms. The van der Waals surface area contributed by atoms with Crippen molar-refractivity contribution in [3.8, 4) is 6.07 Å². The molecule has 1 rings (SSSR count). The molecule has 0 radical (unpaired) electrons. The number of alkyl halides is 3. The van der Waals surface area contributed by atoms with E-state index in [0.717, 1.165) is 4.68 Å². The normalized spacial score (nSPS) is 11.9. The van der Waals surface area contributed by atoms with Gasteiger partial charge in [-0.1, -0.05) is 11.6 Å². The highest BCUT2D eigenvalue weighted by Gasteiger charge is 2.39. The zero-order valence-corrected chi connectivity index (χ0v) is 8.69. The van der Waals surface area contributed by atoms with Crippen LogP contribution >= 0.6 is 11.6 Å². The second-order valence-electron chi connectivity index (χ2n) is 3.16. The average Bonchev–Trinajstić information content (AvgIpc) is 2.41. The van der Waals surface area contributed by atoms with Crippen LogP contribution in [0.5, 0.6) is 0 Å². The van der Waals surface area contributed by atoms with Gasteiger partial charge in [-0.2, -0.15) is 23.5 Å². The molecule has 0 N–H and O–H groups in total. The maximum atomic E-state index is 12.4. The standard InChI is InChI=1S/C8H7ClF3N3/c1-4(2)15-7(9)5(3-13)6(14-15)8(10,11)12/h4H,1-2H3. The largest absolute Gasteiger partial charge is 0.436 e. The Morgan fingerprint density at radius 1 is 1.47 bits per heavy atom. The predicted octanol–water partition coefficient (Wildman–Crippen LogP) is 3.01. The molecule has 1 aromatic heterocycles. The molecule has 0 aliphatic heterocycles. The summed E-state index contributed by atoms with van der Waals surface area (Å²) in [5.41, 5.74) is -1.86. The fourth-order valence-corrected chi connectivity index (χ4v) is 1.42. The lowest BCUT2D eigenvalue weighted by atomic mass is 10.2. The van der Waals surface area contributed by atoms with Crippen LogP contribution in [0.15, 0.2) is 0 Å².